The molecule has 33 heavy (non-hydrogen) atoms. The lowest BCUT2D eigenvalue weighted by Crippen LogP contribution is -2.62. The molecule has 0 N–H and O–H groups in total. The molecule has 3 aliphatic rings. The molecule has 1 aromatic heterocycles. The minimum Gasteiger partial charge on any atom is -0.472 e. The van der Waals surface area contributed by atoms with E-state index >= 15 is 0 Å². The summed E-state index contributed by atoms with van der Waals surface area (Å²) in [6.45, 7) is 5.77. The molecule has 0 spiro atoms. The van der Waals surface area contributed by atoms with E-state index in [1.54, 1.807) is 12.3 Å². The first-order valence-corrected chi connectivity index (χ1v) is 11.7. The molecule has 8 atom stereocenters. The van der Waals surface area contributed by atoms with E-state index < -0.39 is 47.3 Å². The summed E-state index contributed by atoms with van der Waals surface area (Å²) in [6, 6.07) is 1.75. The zero-order chi connectivity index (χ0) is 23.9. The molecule has 180 valence electrons. The van der Waals surface area contributed by atoms with Gasteiger partial charge in [-0.05, 0) is 42.6 Å². The van der Waals surface area contributed by atoms with E-state index in [0.717, 1.165) is 5.56 Å². The van der Waals surface area contributed by atoms with Crippen LogP contribution in [0.15, 0.2) is 23.0 Å². The minimum absolute atomic E-state index is 0.0774. The van der Waals surface area contributed by atoms with Crippen LogP contribution in [0.2, 0.25) is 0 Å². The Morgan fingerprint density at radius 3 is 2.64 bits per heavy atom. The van der Waals surface area contributed by atoms with Crippen molar-refractivity contribution in [3.05, 3.63) is 24.2 Å². The number of ether oxygens (including phenoxy) is 3. The van der Waals surface area contributed by atoms with E-state index in [0.29, 0.717) is 19.3 Å². The van der Waals surface area contributed by atoms with E-state index in [2.05, 4.69) is 0 Å². The molecule has 3 fully saturated rings. The lowest BCUT2D eigenvalue weighted by molar-refractivity contribution is -0.203. The number of ketones is 1. The predicted octanol–water partition coefficient (Wildman–Crippen LogP) is 3.64. The molecule has 1 aliphatic heterocycles. The Balaban J connectivity index is 1.74. The number of esters is 3. The number of cyclic esters (lactones) is 1. The van der Waals surface area contributed by atoms with Crippen LogP contribution in [0.4, 0.5) is 0 Å². The SMILES string of the molecule is CCCC(=O)O[C@H]1C[C@@H](C(=O)OC)C2C(C)C[C@H]3C(=O)OC(c4ccoc4)C[C@]3(C)[C@H]2C1=O. The number of hydrogen-bond acceptors (Lipinski definition) is 8. The van der Waals surface area contributed by atoms with Crippen LogP contribution in [0.3, 0.4) is 0 Å². The number of methoxy groups -OCH3 is 1. The van der Waals surface area contributed by atoms with Gasteiger partial charge in [-0.3, -0.25) is 19.2 Å². The standard InChI is InChI=1S/C25H32O8/c1-5-6-19(26)32-17-10-15(23(28)30-4)20-13(2)9-16-24(29)33-18(14-7-8-31-12-14)11-25(16,3)21(20)22(17)27/h7-8,12-13,15-18,20-21H,5-6,9-11H2,1-4H3/t13?,15-,16+,17+,18?,20?,21-,25+/m1/s1. The van der Waals surface area contributed by atoms with Gasteiger partial charge < -0.3 is 18.6 Å². The van der Waals surface area contributed by atoms with Crippen molar-refractivity contribution in [3.63, 3.8) is 0 Å². The number of carbonyl (C=O) groups excluding carboxylic acids is 4. The third-order valence-electron chi connectivity index (χ3n) is 8.03. The summed E-state index contributed by atoms with van der Waals surface area (Å²) >= 11 is 0. The molecule has 2 aliphatic carbocycles. The zero-order valence-electron chi connectivity index (χ0n) is 19.6. The van der Waals surface area contributed by atoms with Crippen molar-refractivity contribution in [1.29, 1.82) is 0 Å². The van der Waals surface area contributed by atoms with Crippen molar-refractivity contribution in [2.24, 2.45) is 35.0 Å². The molecule has 0 amide bonds. The third-order valence-corrected chi connectivity index (χ3v) is 8.03. The summed E-state index contributed by atoms with van der Waals surface area (Å²) in [5.74, 6) is -3.49. The summed E-state index contributed by atoms with van der Waals surface area (Å²) in [5.41, 5.74) is -0.0231. The van der Waals surface area contributed by atoms with Crippen molar-refractivity contribution >= 4 is 23.7 Å². The first-order valence-electron chi connectivity index (χ1n) is 11.7. The lowest BCUT2D eigenvalue weighted by Gasteiger charge is -2.58. The fraction of sp³-hybridized carbons (Fsp3) is 0.680. The Kier molecular flexibility index (Phi) is 6.38. The molecule has 0 radical (unpaired) electrons. The Hall–Kier alpha value is -2.64. The molecule has 0 bridgehead atoms. The second-order valence-electron chi connectivity index (χ2n) is 10.0. The van der Waals surface area contributed by atoms with Crippen LogP contribution in [0.5, 0.6) is 0 Å². The van der Waals surface area contributed by atoms with Crippen LogP contribution in [0.1, 0.15) is 64.5 Å². The maximum absolute atomic E-state index is 13.9. The van der Waals surface area contributed by atoms with Gasteiger partial charge in [0.15, 0.2) is 11.9 Å². The highest BCUT2D eigenvalue weighted by Crippen LogP contribution is 2.61. The molecule has 2 saturated carbocycles. The van der Waals surface area contributed by atoms with Gasteiger partial charge >= 0.3 is 17.9 Å². The van der Waals surface area contributed by atoms with Gasteiger partial charge in [0.2, 0.25) is 0 Å². The van der Waals surface area contributed by atoms with Crippen LogP contribution in [-0.2, 0) is 33.4 Å². The average Bonchev–Trinajstić information content (AvgIpc) is 3.31. The normalized spacial score (nSPS) is 38.0. The van der Waals surface area contributed by atoms with E-state index in [1.807, 2.05) is 20.8 Å². The number of carbonyl (C=O) groups is 4. The fourth-order valence-corrected chi connectivity index (χ4v) is 6.51. The highest BCUT2D eigenvalue weighted by Gasteiger charge is 2.65. The molecule has 0 aromatic carbocycles. The Labute approximate surface area is 193 Å². The van der Waals surface area contributed by atoms with Crippen LogP contribution in [0, 0.1) is 35.0 Å². The highest BCUT2D eigenvalue weighted by molar-refractivity contribution is 5.92. The van der Waals surface area contributed by atoms with Gasteiger partial charge in [0.25, 0.3) is 0 Å². The van der Waals surface area contributed by atoms with Gasteiger partial charge in [0.05, 0.1) is 31.5 Å². The Morgan fingerprint density at radius 2 is 2.00 bits per heavy atom. The summed E-state index contributed by atoms with van der Waals surface area (Å²) in [4.78, 5) is 52.1. The molecular formula is C25H32O8. The van der Waals surface area contributed by atoms with E-state index in [9.17, 15) is 19.2 Å². The monoisotopic (exact) mass is 460 g/mol. The molecule has 2 heterocycles. The molecule has 1 aromatic rings. The van der Waals surface area contributed by atoms with Crippen molar-refractivity contribution < 1.29 is 37.8 Å². The van der Waals surface area contributed by atoms with Crippen molar-refractivity contribution in [2.45, 2.75) is 65.1 Å². The summed E-state index contributed by atoms with van der Waals surface area (Å²) in [5, 5.41) is 0. The van der Waals surface area contributed by atoms with Crippen LogP contribution in [0.25, 0.3) is 0 Å². The Bertz CT molecular complexity index is 921. The van der Waals surface area contributed by atoms with Gasteiger partial charge in [-0.1, -0.05) is 20.8 Å². The highest BCUT2D eigenvalue weighted by atomic mass is 16.6. The number of hydrogen-bond donors (Lipinski definition) is 0. The molecular weight excluding hydrogens is 428 g/mol. The first kappa shape index (κ1) is 23.5. The van der Waals surface area contributed by atoms with Gasteiger partial charge in [-0.2, -0.15) is 0 Å². The molecule has 4 rings (SSSR count). The molecule has 8 heteroatoms. The second-order valence-corrected chi connectivity index (χ2v) is 10.0. The average molecular weight is 461 g/mol. The fourth-order valence-electron chi connectivity index (χ4n) is 6.51. The van der Waals surface area contributed by atoms with Gasteiger partial charge in [0, 0.05) is 24.3 Å². The first-order chi connectivity index (χ1) is 15.7. The van der Waals surface area contributed by atoms with Crippen LogP contribution in [-0.4, -0.2) is 36.9 Å². The second kappa shape index (κ2) is 8.95. The summed E-state index contributed by atoms with van der Waals surface area (Å²) < 4.78 is 21.6. The molecule has 3 unspecified atom stereocenters. The minimum atomic E-state index is -1.03. The number of rotatable bonds is 5. The van der Waals surface area contributed by atoms with Crippen LogP contribution >= 0.6 is 0 Å². The van der Waals surface area contributed by atoms with E-state index in [-0.39, 0.29) is 36.4 Å². The number of Topliss-reactive ketones (excluding diaryl/α,β-unsaturated/α-hetero) is 1. The maximum atomic E-state index is 13.9. The predicted molar refractivity (Wildman–Crippen MR) is 114 cm³/mol. The van der Waals surface area contributed by atoms with Gasteiger partial charge in [-0.15, -0.1) is 0 Å². The maximum Gasteiger partial charge on any atom is 0.310 e. The lowest BCUT2D eigenvalue weighted by atomic mass is 9.46. The van der Waals surface area contributed by atoms with E-state index in [1.165, 1.54) is 13.4 Å². The third kappa shape index (κ3) is 3.97. The van der Waals surface area contributed by atoms with Crippen molar-refractivity contribution in [3.8, 4) is 0 Å². The summed E-state index contributed by atoms with van der Waals surface area (Å²) in [7, 11) is 1.33. The van der Waals surface area contributed by atoms with Gasteiger partial charge in [-0.25, -0.2) is 0 Å². The molecule has 1 saturated heterocycles. The van der Waals surface area contributed by atoms with Crippen molar-refractivity contribution in [2.75, 3.05) is 7.11 Å². The quantitative estimate of drug-likeness (QED) is 0.484. The topological polar surface area (TPSA) is 109 Å². The summed E-state index contributed by atoms with van der Waals surface area (Å²) in [6.07, 6.45) is 3.35. The largest absolute Gasteiger partial charge is 0.472 e. The Morgan fingerprint density at radius 1 is 1.24 bits per heavy atom. The smallest absolute Gasteiger partial charge is 0.310 e. The van der Waals surface area contributed by atoms with Crippen molar-refractivity contribution in [1.82, 2.24) is 0 Å². The van der Waals surface area contributed by atoms with E-state index in [4.69, 9.17) is 18.6 Å². The molecule has 8 nitrogen and oxygen atoms in total. The number of furan rings is 1. The van der Waals surface area contributed by atoms with Crippen LogP contribution < -0.4 is 0 Å². The van der Waals surface area contributed by atoms with Gasteiger partial charge in [0.1, 0.15) is 6.10 Å². The number of fused-ring (bicyclic) bond motifs is 3. The zero-order valence-corrected chi connectivity index (χ0v) is 19.6.